The molecule has 2 rings (SSSR count). The first-order chi connectivity index (χ1) is 9.10. The van der Waals surface area contributed by atoms with Gasteiger partial charge in [0.25, 0.3) is 5.91 Å². The molecule has 6 heteroatoms. The molecule has 2 atom stereocenters. The number of nitrogens with one attached hydrogen (secondary N) is 1. The quantitative estimate of drug-likeness (QED) is 0.878. The second kappa shape index (κ2) is 6.36. The van der Waals surface area contributed by atoms with Gasteiger partial charge >= 0.3 is 0 Å². The first kappa shape index (κ1) is 14.3. The van der Waals surface area contributed by atoms with Crippen molar-refractivity contribution in [1.29, 1.82) is 0 Å². The maximum atomic E-state index is 12.1. The van der Waals surface area contributed by atoms with E-state index >= 15 is 0 Å². The minimum Gasteiger partial charge on any atom is -0.497 e. The zero-order valence-electron chi connectivity index (χ0n) is 10.6. The number of ether oxygens (including phenoxy) is 2. The molecule has 1 heterocycles. The Labute approximate surface area is 120 Å². The number of aliphatic hydroxyl groups excluding tert-OH is 1. The summed E-state index contributed by atoms with van der Waals surface area (Å²) in [6.45, 7) is 0.802. The topological polar surface area (TPSA) is 67.8 Å². The van der Waals surface area contributed by atoms with Crippen LogP contribution in [-0.4, -0.2) is 43.5 Å². The lowest BCUT2D eigenvalue weighted by atomic mass is 10.1. The molecule has 0 aromatic heterocycles. The lowest BCUT2D eigenvalue weighted by molar-refractivity contribution is -0.0260. The number of aliphatic hydroxyl groups is 1. The second-order valence-corrected chi connectivity index (χ2v) is 5.31. The number of hydrogen-bond acceptors (Lipinski definition) is 4. The van der Waals surface area contributed by atoms with Crippen LogP contribution in [0.15, 0.2) is 22.7 Å². The Hall–Kier alpha value is -1.11. The van der Waals surface area contributed by atoms with Gasteiger partial charge in [0.15, 0.2) is 0 Å². The summed E-state index contributed by atoms with van der Waals surface area (Å²) in [4.78, 5) is 12.1. The maximum absolute atomic E-state index is 12.1. The molecule has 0 unspecified atom stereocenters. The molecule has 2 N–H and O–H groups in total. The molecule has 1 saturated heterocycles. The molecular weight excluding hydrogens is 314 g/mol. The summed E-state index contributed by atoms with van der Waals surface area (Å²) in [6, 6.07) is 4.88. The van der Waals surface area contributed by atoms with Crippen molar-refractivity contribution in [3.63, 3.8) is 0 Å². The predicted octanol–water partition coefficient (Wildman–Crippen LogP) is 1.34. The van der Waals surface area contributed by atoms with Gasteiger partial charge in [-0.05, 0) is 24.6 Å². The van der Waals surface area contributed by atoms with Gasteiger partial charge in [-0.25, -0.2) is 0 Å². The zero-order chi connectivity index (χ0) is 13.8. The van der Waals surface area contributed by atoms with Crippen molar-refractivity contribution in [3.8, 4) is 5.75 Å². The molecule has 5 nitrogen and oxygen atoms in total. The number of methoxy groups -OCH3 is 1. The first-order valence-corrected chi connectivity index (χ1v) is 6.80. The summed E-state index contributed by atoms with van der Waals surface area (Å²) < 4.78 is 11.0. The van der Waals surface area contributed by atoms with E-state index in [4.69, 9.17) is 9.47 Å². The van der Waals surface area contributed by atoms with Crippen molar-refractivity contribution < 1.29 is 19.4 Å². The molecular formula is C13H16BrNO4. The van der Waals surface area contributed by atoms with Crippen molar-refractivity contribution in [1.82, 2.24) is 5.32 Å². The smallest absolute Gasteiger partial charge is 0.251 e. The predicted molar refractivity (Wildman–Crippen MR) is 73.4 cm³/mol. The van der Waals surface area contributed by atoms with Gasteiger partial charge in [-0.3, -0.25) is 4.79 Å². The Morgan fingerprint density at radius 3 is 3.00 bits per heavy atom. The third-order valence-corrected chi connectivity index (χ3v) is 3.47. The van der Waals surface area contributed by atoms with E-state index in [1.54, 1.807) is 25.3 Å². The number of amides is 1. The van der Waals surface area contributed by atoms with Crippen LogP contribution in [0, 0.1) is 0 Å². The number of rotatable bonds is 3. The fraction of sp³-hybridized carbons (Fsp3) is 0.462. The number of benzene rings is 1. The first-order valence-electron chi connectivity index (χ1n) is 6.01. The highest BCUT2D eigenvalue weighted by Crippen LogP contribution is 2.21. The average Bonchev–Trinajstić information content (AvgIpc) is 2.40. The Balaban J connectivity index is 2.08. The summed E-state index contributed by atoms with van der Waals surface area (Å²) in [7, 11) is 1.55. The normalized spacial score (nSPS) is 22.9. The number of carbonyl (C=O) groups is 1. The molecule has 0 spiro atoms. The average molecular weight is 330 g/mol. The molecule has 19 heavy (non-hydrogen) atoms. The Kier molecular flexibility index (Phi) is 4.79. The molecule has 0 bridgehead atoms. The largest absolute Gasteiger partial charge is 0.497 e. The Morgan fingerprint density at radius 2 is 2.32 bits per heavy atom. The van der Waals surface area contributed by atoms with E-state index < -0.39 is 6.10 Å². The van der Waals surface area contributed by atoms with Gasteiger partial charge in [-0.15, -0.1) is 0 Å². The van der Waals surface area contributed by atoms with Crippen LogP contribution >= 0.6 is 15.9 Å². The SMILES string of the molecule is COc1cc(Br)cc(C(=O)N[C@@H]2CCOC[C@H]2O)c1. The molecule has 0 saturated carbocycles. The highest BCUT2D eigenvalue weighted by molar-refractivity contribution is 9.10. The second-order valence-electron chi connectivity index (χ2n) is 4.39. The lowest BCUT2D eigenvalue weighted by Crippen LogP contribution is -2.48. The van der Waals surface area contributed by atoms with E-state index in [9.17, 15) is 9.90 Å². The summed E-state index contributed by atoms with van der Waals surface area (Å²) >= 11 is 3.33. The van der Waals surface area contributed by atoms with E-state index in [2.05, 4.69) is 21.2 Å². The van der Waals surface area contributed by atoms with Gasteiger partial charge in [-0.1, -0.05) is 15.9 Å². The lowest BCUT2D eigenvalue weighted by Gasteiger charge is -2.28. The number of halogens is 1. The van der Waals surface area contributed by atoms with Crippen LogP contribution < -0.4 is 10.1 Å². The molecule has 1 fully saturated rings. The molecule has 0 radical (unpaired) electrons. The van der Waals surface area contributed by atoms with Crippen LogP contribution in [0.2, 0.25) is 0 Å². The van der Waals surface area contributed by atoms with E-state index in [1.165, 1.54) is 0 Å². The van der Waals surface area contributed by atoms with Gasteiger partial charge < -0.3 is 19.9 Å². The molecule has 1 aliphatic heterocycles. The molecule has 1 aromatic rings. The Bertz CT molecular complexity index is 466. The molecule has 0 aliphatic carbocycles. The van der Waals surface area contributed by atoms with Gasteiger partial charge in [0.2, 0.25) is 0 Å². The van der Waals surface area contributed by atoms with Gasteiger partial charge in [0, 0.05) is 16.6 Å². The zero-order valence-corrected chi connectivity index (χ0v) is 12.1. The van der Waals surface area contributed by atoms with Crippen LogP contribution in [0.5, 0.6) is 5.75 Å². The van der Waals surface area contributed by atoms with Crippen molar-refractivity contribution in [2.24, 2.45) is 0 Å². The van der Waals surface area contributed by atoms with Crippen LogP contribution in [0.1, 0.15) is 16.8 Å². The molecule has 1 aliphatic rings. The standard InChI is InChI=1S/C13H16BrNO4/c1-18-10-5-8(4-9(14)6-10)13(17)15-11-2-3-19-7-12(11)16/h4-6,11-12,16H,2-3,7H2,1H3,(H,15,17)/t11-,12-/m1/s1. The van der Waals surface area contributed by atoms with Gasteiger partial charge in [0.05, 0.1) is 25.9 Å². The molecule has 1 amide bonds. The number of hydrogen-bond donors (Lipinski definition) is 2. The van der Waals surface area contributed by atoms with E-state index in [-0.39, 0.29) is 18.6 Å². The van der Waals surface area contributed by atoms with Crippen molar-refractivity contribution in [2.75, 3.05) is 20.3 Å². The fourth-order valence-electron chi connectivity index (χ4n) is 1.95. The van der Waals surface area contributed by atoms with Gasteiger partial charge in [0.1, 0.15) is 5.75 Å². The third kappa shape index (κ3) is 3.68. The van der Waals surface area contributed by atoms with Gasteiger partial charge in [-0.2, -0.15) is 0 Å². The minimum atomic E-state index is -0.660. The molecule has 104 valence electrons. The van der Waals surface area contributed by atoms with Crippen molar-refractivity contribution in [2.45, 2.75) is 18.6 Å². The van der Waals surface area contributed by atoms with E-state index in [0.717, 1.165) is 4.47 Å². The van der Waals surface area contributed by atoms with Crippen molar-refractivity contribution in [3.05, 3.63) is 28.2 Å². The van der Waals surface area contributed by atoms with E-state index in [0.29, 0.717) is 24.3 Å². The highest BCUT2D eigenvalue weighted by Gasteiger charge is 2.25. The monoisotopic (exact) mass is 329 g/mol. The summed E-state index contributed by atoms with van der Waals surface area (Å²) in [6.07, 6.45) is -0.0512. The minimum absolute atomic E-state index is 0.231. The van der Waals surface area contributed by atoms with Crippen LogP contribution in [0.25, 0.3) is 0 Å². The van der Waals surface area contributed by atoms with Crippen LogP contribution in [-0.2, 0) is 4.74 Å². The fourth-order valence-corrected chi connectivity index (χ4v) is 2.43. The summed E-state index contributed by atoms with van der Waals surface area (Å²) in [5, 5.41) is 12.6. The van der Waals surface area contributed by atoms with Crippen LogP contribution in [0.3, 0.4) is 0 Å². The van der Waals surface area contributed by atoms with Crippen LogP contribution in [0.4, 0.5) is 0 Å². The summed E-state index contributed by atoms with van der Waals surface area (Å²) in [5.74, 6) is 0.373. The van der Waals surface area contributed by atoms with Crippen molar-refractivity contribution >= 4 is 21.8 Å². The highest BCUT2D eigenvalue weighted by atomic mass is 79.9. The number of carbonyl (C=O) groups excluding carboxylic acids is 1. The summed E-state index contributed by atoms with van der Waals surface area (Å²) in [5.41, 5.74) is 0.491. The molecule has 1 aromatic carbocycles. The third-order valence-electron chi connectivity index (χ3n) is 3.01. The maximum Gasteiger partial charge on any atom is 0.251 e. The Morgan fingerprint density at radius 1 is 1.53 bits per heavy atom. The van der Waals surface area contributed by atoms with E-state index in [1.807, 2.05) is 0 Å².